The fourth-order valence-electron chi connectivity index (χ4n) is 2.08. The minimum absolute atomic E-state index is 0.281. The molecule has 0 spiro atoms. The number of hydrogen-bond acceptors (Lipinski definition) is 2. The third kappa shape index (κ3) is 6.67. The summed E-state index contributed by atoms with van der Waals surface area (Å²) in [5, 5.41) is 3.29. The molecule has 0 heterocycles. The Labute approximate surface area is 107 Å². The molecule has 0 aliphatic carbocycles. The Morgan fingerprint density at radius 1 is 1.18 bits per heavy atom. The van der Waals surface area contributed by atoms with E-state index in [0.717, 1.165) is 32.5 Å². The summed E-state index contributed by atoms with van der Waals surface area (Å²) in [6.07, 6.45) is 2.92. The summed E-state index contributed by atoms with van der Waals surface area (Å²) in [6, 6.07) is 0.281. The van der Waals surface area contributed by atoms with Crippen molar-refractivity contribution in [2.24, 2.45) is 5.92 Å². The van der Waals surface area contributed by atoms with E-state index in [0.29, 0.717) is 12.3 Å². The number of amides is 1. The molecule has 17 heavy (non-hydrogen) atoms. The monoisotopic (exact) mass is 242 g/mol. The van der Waals surface area contributed by atoms with Gasteiger partial charge in [-0.15, -0.1) is 0 Å². The summed E-state index contributed by atoms with van der Waals surface area (Å²) >= 11 is 0. The zero-order valence-corrected chi connectivity index (χ0v) is 12.3. The SMILES string of the molecule is CCNC(C)CC(=O)N(CC)CC(CC)CC. The van der Waals surface area contributed by atoms with E-state index < -0.39 is 0 Å². The largest absolute Gasteiger partial charge is 0.343 e. The van der Waals surface area contributed by atoms with Gasteiger partial charge >= 0.3 is 0 Å². The van der Waals surface area contributed by atoms with Crippen LogP contribution < -0.4 is 5.32 Å². The number of nitrogens with zero attached hydrogens (tertiary/aromatic N) is 1. The maximum absolute atomic E-state index is 12.1. The van der Waals surface area contributed by atoms with Gasteiger partial charge in [0.15, 0.2) is 0 Å². The van der Waals surface area contributed by atoms with Crippen molar-refractivity contribution < 1.29 is 4.79 Å². The van der Waals surface area contributed by atoms with E-state index in [4.69, 9.17) is 0 Å². The molecule has 0 saturated heterocycles. The van der Waals surface area contributed by atoms with Gasteiger partial charge in [0.2, 0.25) is 5.91 Å². The second-order valence-corrected chi connectivity index (χ2v) is 4.78. The molecule has 102 valence electrons. The van der Waals surface area contributed by atoms with Gasteiger partial charge in [-0.1, -0.05) is 33.6 Å². The van der Waals surface area contributed by atoms with E-state index in [1.54, 1.807) is 0 Å². The predicted octanol–water partition coefficient (Wildman–Crippen LogP) is 2.66. The standard InChI is InChI=1S/C14H30N2O/c1-6-13(7-2)11-16(9-4)14(17)10-12(5)15-8-3/h12-13,15H,6-11H2,1-5H3. The molecule has 3 heteroatoms. The van der Waals surface area contributed by atoms with Gasteiger partial charge in [0.25, 0.3) is 0 Å². The maximum atomic E-state index is 12.1. The number of rotatable bonds is 9. The van der Waals surface area contributed by atoms with Gasteiger partial charge < -0.3 is 10.2 Å². The van der Waals surface area contributed by atoms with Crippen molar-refractivity contribution in [2.45, 2.75) is 59.9 Å². The third-order valence-corrected chi connectivity index (χ3v) is 3.40. The molecule has 0 fully saturated rings. The second-order valence-electron chi connectivity index (χ2n) is 4.78. The molecule has 0 aromatic carbocycles. The Balaban J connectivity index is 4.20. The normalized spacial score (nSPS) is 12.8. The summed E-state index contributed by atoms with van der Waals surface area (Å²) < 4.78 is 0. The van der Waals surface area contributed by atoms with Gasteiger partial charge in [0.1, 0.15) is 0 Å². The van der Waals surface area contributed by atoms with E-state index in [1.165, 1.54) is 0 Å². The number of nitrogens with one attached hydrogen (secondary N) is 1. The fraction of sp³-hybridized carbons (Fsp3) is 0.929. The minimum Gasteiger partial charge on any atom is -0.343 e. The average molecular weight is 242 g/mol. The predicted molar refractivity (Wildman–Crippen MR) is 74.1 cm³/mol. The van der Waals surface area contributed by atoms with Crippen molar-refractivity contribution >= 4 is 5.91 Å². The van der Waals surface area contributed by atoms with E-state index in [9.17, 15) is 4.79 Å². The van der Waals surface area contributed by atoms with Crippen molar-refractivity contribution in [3.63, 3.8) is 0 Å². The van der Waals surface area contributed by atoms with Crippen molar-refractivity contribution in [1.29, 1.82) is 0 Å². The van der Waals surface area contributed by atoms with Crippen molar-refractivity contribution in [3.8, 4) is 0 Å². The molecule has 0 aliphatic heterocycles. The van der Waals surface area contributed by atoms with E-state index in [2.05, 4.69) is 39.9 Å². The van der Waals surface area contributed by atoms with Gasteiger partial charge in [-0.05, 0) is 26.3 Å². The highest BCUT2D eigenvalue weighted by atomic mass is 16.2. The molecule has 0 aromatic rings. The van der Waals surface area contributed by atoms with Gasteiger partial charge in [-0.2, -0.15) is 0 Å². The van der Waals surface area contributed by atoms with Crippen LogP contribution >= 0.6 is 0 Å². The lowest BCUT2D eigenvalue weighted by Crippen LogP contribution is -2.39. The Kier molecular flexibility index (Phi) is 9.14. The zero-order chi connectivity index (χ0) is 13.3. The van der Waals surface area contributed by atoms with Crippen LogP contribution in [0.1, 0.15) is 53.9 Å². The summed E-state index contributed by atoms with van der Waals surface area (Å²) in [6.45, 7) is 13.3. The van der Waals surface area contributed by atoms with Crippen LogP contribution in [0, 0.1) is 5.92 Å². The molecule has 0 radical (unpaired) electrons. The molecule has 1 unspecified atom stereocenters. The smallest absolute Gasteiger partial charge is 0.224 e. The Morgan fingerprint density at radius 2 is 1.76 bits per heavy atom. The fourth-order valence-corrected chi connectivity index (χ4v) is 2.08. The lowest BCUT2D eigenvalue weighted by atomic mass is 10.0. The molecule has 3 nitrogen and oxygen atoms in total. The van der Waals surface area contributed by atoms with Crippen molar-refractivity contribution in [2.75, 3.05) is 19.6 Å². The molecule has 1 amide bonds. The number of carbonyl (C=O) groups is 1. The first-order valence-electron chi connectivity index (χ1n) is 7.09. The number of carbonyl (C=O) groups excluding carboxylic acids is 1. The van der Waals surface area contributed by atoms with Crippen LogP contribution in [-0.4, -0.2) is 36.5 Å². The molecule has 0 rings (SSSR count). The molecular weight excluding hydrogens is 212 g/mol. The first-order valence-corrected chi connectivity index (χ1v) is 7.09. The van der Waals surface area contributed by atoms with Crippen LogP contribution in [0.4, 0.5) is 0 Å². The molecule has 0 saturated carbocycles. The number of hydrogen-bond donors (Lipinski definition) is 1. The first-order chi connectivity index (χ1) is 8.08. The van der Waals surface area contributed by atoms with Crippen molar-refractivity contribution in [3.05, 3.63) is 0 Å². The Morgan fingerprint density at radius 3 is 2.18 bits per heavy atom. The summed E-state index contributed by atoms with van der Waals surface area (Å²) in [5.74, 6) is 0.932. The van der Waals surface area contributed by atoms with Crippen LogP contribution in [-0.2, 0) is 4.79 Å². The molecular formula is C14H30N2O. The molecule has 0 aliphatic rings. The lowest BCUT2D eigenvalue weighted by molar-refractivity contribution is -0.132. The van der Waals surface area contributed by atoms with E-state index >= 15 is 0 Å². The summed E-state index contributed by atoms with van der Waals surface area (Å²) in [7, 11) is 0. The van der Waals surface area contributed by atoms with Gasteiger partial charge in [0.05, 0.1) is 0 Å². The first kappa shape index (κ1) is 16.4. The highest BCUT2D eigenvalue weighted by molar-refractivity contribution is 5.76. The second kappa shape index (κ2) is 9.46. The van der Waals surface area contributed by atoms with E-state index in [1.807, 2.05) is 4.90 Å². The Hall–Kier alpha value is -0.570. The Bertz CT molecular complexity index is 202. The van der Waals surface area contributed by atoms with Crippen LogP contribution in [0.2, 0.25) is 0 Å². The molecule has 0 bridgehead atoms. The van der Waals surface area contributed by atoms with Gasteiger partial charge in [0, 0.05) is 25.6 Å². The average Bonchev–Trinajstić information content (AvgIpc) is 2.30. The maximum Gasteiger partial charge on any atom is 0.224 e. The quantitative estimate of drug-likeness (QED) is 0.674. The van der Waals surface area contributed by atoms with Gasteiger partial charge in [-0.25, -0.2) is 0 Å². The highest BCUT2D eigenvalue weighted by Gasteiger charge is 2.17. The summed E-state index contributed by atoms with van der Waals surface area (Å²) in [5.41, 5.74) is 0. The van der Waals surface area contributed by atoms with Crippen LogP contribution in [0.5, 0.6) is 0 Å². The molecule has 1 atom stereocenters. The van der Waals surface area contributed by atoms with Gasteiger partial charge in [-0.3, -0.25) is 4.79 Å². The van der Waals surface area contributed by atoms with E-state index in [-0.39, 0.29) is 11.9 Å². The summed E-state index contributed by atoms with van der Waals surface area (Å²) in [4.78, 5) is 14.1. The van der Waals surface area contributed by atoms with Crippen LogP contribution in [0.3, 0.4) is 0 Å². The molecule has 0 aromatic heterocycles. The molecule has 1 N–H and O–H groups in total. The van der Waals surface area contributed by atoms with Crippen molar-refractivity contribution in [1.82, 2.24) is 10.2 Å². The lowest BCUT2D eigenvalue weighted by Gasteiger charge is -2.26. The highest BCUT2D eigenvalue weighted by Crippen LogP contribution is 2.11. The zero-order valence-electron chi connectivity index (χ0n) is 12.3. The topological polar surface area (TPSA) is 32.3 Å². The van der Waals surface area contributed by atoms with Crippen LogP contribution in [0.25, 0.3) is 0 Å². The minimum atomic E-state index is 0.281. The van der Waals surface area contributed by atoms with Crippen LogP contribution in [0.15, 0.2) is 0 Å². The third-order valence-electron chi connectivity index (χ3n) is 3.40.